The van der Waals surface area contributed by atoms with Gasteiger partial charge in [0, 0.05) is 11.1 Å². The first-order valence-corrected chi connectivity index (χ1v) is 14.1. The normalized spacial score (nSPS) is 10.4. The SMILES string of the molecule is CCCCCCCCCCCCCC[N+](C)(C)Cc1ccccc1.C[NH+](C)Cc1ccccc1.O.[Cl-].[Cl-]. The van der Waals surface area contributed by atoms with Crippen LogP contribution < -0.4 is 29.7 Å². The Morgan fingerprint density at radius 2 is 0.946 bits per heavy atom. The molecule has 0 aliphatic heterocycles. The first-order valence-electron chi connectivity index (χ1n) is 14.1. The number of halogens is 2. The zero-order valence-electron chi connectivity index (χ0n) is 24.6. The van der Waals surface area contributed by atoms with E-state index >= 15 is 0 Å². The van der Waals surface area contributed by atoms with Crippen LogP contribution in [0.2, 0.25) is 0 Å². The number of quaternary nitrogens is 2. The molecule has 2 aromatic rings. The Morgan fingerprint density at radius 3 is 1.35 bits per heavy atom. The molecule has 0 unspecified atom stereocenters. The number of hydrogen-bond acceptors (Lipinski definition) is 0. The van der Waals surface area contributed by atoms with Gasteiger partial charge in [0.15, 0.2) is 0 Å². The van der Waals surface area contributed by atoms with Crippen molar-refractivity contribution in [2.45, 2.75) is 97.1 Å². The highest BCUT2D eigenvalue weighted by atomic mass is 35.5. The summed E-state index contributed by atoms with van der Waals surface area (Å²) < 4.78 is 1.11. The first-order chi connectivity index (χ1) is 16.4. The fraction of sp³-hybridized carbons (Fsp3) is 0.625. The number of rotatable bonds is 17. The minimum Gasteiger partial charge on any atom is -1.00 e. The van der Waals surface area contributed by atoms with Crippen LogP contribution in [0.1, 0.15) is 95.1 Å². The lowest BCUT2D eigenvalue weighted by atomic mass is 10.1. The molecule has 5 heteroatoms. The number of hydrogen-bond donors (Lipinski definition) is 1. The molecule has 37 heavy (non-hydrogen) atoms. The van der Waals surface area contributed by atoms with Gasteiger partial charge in [-0.2, -0.15) is 0 Å². The summed E-state index contributed by atoms with van der Waals surface area (Å²) in [6, 6.07) is 21.4. The van der Waals surface area contributed by atoms with Crippen molar-refractivity contribution in [2.75, 3.05) is 34.7 Å². The molecule has 0 radical (unpaired) electrons. The van der Waals surface area contributed by atoms with E-state index in [9.17, 15) is 0 Å². The Hall–Kier alpha value is -1.10. The van der Waals surface area contributed by atoms with E-state index in [1.54, 1.807) is 0 Å². The summed E-state index contributed by atoms with van der Waals surface area (Å²) in [5.41, 5.74) is 2.86. The number of benzene rings is 2. The predicted octanol–water partition coefficient (Wildman–Crippen LogP) is 0.479. The van der Waals surface area contributed by atoms with Crippen LogP contribution in [0, 0.1) is 0 Å². The average molecular weight is 558 g/mol. The topological polar surface area (TPSA) is 35.9 Å². The first kappa shape index (κ1) is 40.4. The van der Waals surface area contributed by atoms with Crippen LogP contribution in [0.3, 0.4) is 0 Å². The molecule has 0 aromatic heterocycles. The lowest BCUT2D eigenvalue weighted by Gasteiger charge is -2.30. The van der Waals surface area contributed by atoms with Crippen LogP contribution >= 0.6 is 0 Å². The molecule has 216 valence electrons. The summed E-state index contributed by atoms with van der Waals surface area (Å²) in [6.45, 7) is 5.85. The molecule has 0 atom stereocenters. The third kappa shape index (κ3) is 25.0. The summed E-state index contributed by atoms with van der Waals surface area (Å²) >= 11 is 0. The van der Waals surface area contributed by atoms with Gasteiger partial charge in [-0.1, -0.05) is 132 Å². The average Bonchev–Trinajstić information content (AvgIpc) is 2.81. The molecule has 3 N–H and O–H groups in total. The zero-order chi connectivity index (χ0) is 24.9. The lowest BCUT2D eigenvalue weighted by Crippen LogP contribution is -3.04. The van der Waals surface area contributed by atoms with Crippen molar-refractivity contribution in [3.05, 3.63) is 71.8 Å². The summed E-state index contributed by atoms with van der Waals surface area (Å²) in [7, 11) is 9.05. The van der Waals surface area contributed by atoms with Crippen molar-refractivity contribution < 1.29 is 39.7 Å². The maximum Gasteiger partial charge on any atom is 0.104 e. The van der Waals surface area contributed by atoms with Gasteiger partial charge in [-0.15, -0.1) is 0 Å². The number of nitrogens with one attached hydrogen (secondary N) is 1. The second-order valence-corrected chi connectivity index (χ2v) is 11.1. The third-order valence-electron chi connectivity index (χ3n) is 6.47. The smallest absolute Gasteiger partial charge is 0.104 e. The molecule has 0 heterocycles. The van der Waals surface area contributed by atoms with Gasteiger partial charge < -0.3 is 39.7 Å². The van der Waals surface area contributed by atoms with E-state index in [0.29, 0.717) is 0 Å². The molecule has 2 rings (SSSR count). The van der Waals surface area contributed by atoms with Crippen molar-refractivity contribution >= 4 is 0 Å². The Kier molecular flexibility index (Phi) is 28.9. The van der Waals surface area contributed by atoms with Crippen molar-refractivity contribution in [3.8, 4) is 0 Å². The molecule has 0 aliphatic carbocycles. The molecule has 0 amide bonds. The molecular weight excluding hydrogens is 499 g/mol. The molecular formula is C32H58Cl2N2O. The fourth-order valence-corrected chi connectivity index (χ4v) is 4.54. The van der Waals surface area contributed by atoms with Crippen LogP contribution in [0.25, 0.3) is 0 Å². The van der Waals surface area contributed by atoms with E-state index in [4.69, 9.17) is 0 Å². The van der Waals surface area contributed by atoms with Gasteiger partial charge in [-0.3, -0.25) is 0 Å². The monoisotopic (exact) mass is 556 g/mol. The van der Waals surface area contributed by atoms with Gasteiger partial charge in [0.25, 0.3) is 0 Å². The number of unbranched alkanes of at least 4 members (excludes halogenated alkanes) is 11. The second kappa shape index (κ2) is 26.5. The van der Waals surface area contributed by atoms with Crippen molar-refractivity contribution in [3.63, 3.8) is 0 Å². The minimum atomic E-state index is 0. The molecule has 0 fully saturated rings. The highest BCUT2D eigenvalue weighted by Gasteiger charge is 2.14. The standard InChI is InChI=1S/C23H42N.C9H13N.2ClH.H2O/c1-4-5-6-7-8-9-10-11-12-13-14-18-21-24(2,3)22-23-19-16-15-17-20-23;1-10(2)8-9-6-4-3-5-7-9;;;/h15-17,19-20H,4-14,18,21-22H2,1-3H3;3-7H,8H2,1-2H3;2*1H;1H2/q+1;;;;/p-1. The predicted molar refractivity (Wildman–Crippen MR) is 155 cm³/mol. The van der Waals surface area contributed by atoms with Crippen molar-refractivity contribution in [1.29, 1.82) is 0 Å². The van der Waals surface area contributed by atoms with Gasteiger partial charge >= 0.3 is 0 Å². The van der Waals surface area contributed by atoms with E-state index in [-0.39, 0.29) is 30.3 Å². The van der Waals surface area contributed by atoms with Crippen LogP contribution in [-0.2, 0) is 13.1 Å². The van der Waals surface area contributed by atoms with E-state index in [0.717, 1.165) is 17.6 Å². The van der Waals surface area contributed by atoms with E-state index in [1.807, 2.05) is 0 Å². The highest BCUT2D eigenvalue weighted by molar-refractivity contribution is 5.13. The largest absolute Gasteiger partial charge is 1.00 e. The summed E-state index contributed by atoms with van der Waals surface area (Å²) in [5.74, 6) is 0. The Morgan fingerprint density at radius 1 is 0.568 bits per heavy atom. The zero-order valence-corrected chi connectivity index (χ0v) is 26.1. The fourth-order valence-electron chi connectivity index (χ4n) is 4.54. The van der Waals surface area contributed by atoms with Crippen LogP contribution in [0.5, 0.6) is 0 Å². The molecule has 0 saturated carbocycles. The molecule has 3 nitrogen and oxygen atoms in total. The maximum absolute atomic E-state index is 2.37. The highest BCUT2D eigenvalue weighted by Crippen LogP contribution is 2.14. The Labute approximate surface area is 242 Å². The molecule has 0 spiro atoms. The molecule has 0 aliphatic rings. The van der Waals surface area contributed by atoms with Gasteiger partial charge in [-0.25, -0.2) is 0 Å². The van der Waals surface area contributed by atoms with Crippen molar-refractivity contribution in [2.24, 2.45) is 0 Å². The van der Waals surface area contributed by atoms with E-state index in [2.05, 4.69) is 95.8 Å². The maximum atomic E-state index is 2.37. The van der Waals surface area contributed by atoms with Crippen LogP contribution in [0.4, 0.5) is 0 Å². The van der Waals surface area contributed by atoms with Gasteiger partial charge in [-0.05, 0) is 12.8 Å². The van der Waals surface area contributed by atoms with Crippen LogP contribution in [0.15, 0.2) is 60.7 Å². The number of nitrogens with zero attached hydrogens (tertiary/aromatic N) is 1. The Bertz CT molecular complexity index is 696. The summed E-state index contributed by atoms with van der Waals surface area (Å²) in [4.78, 5) is 1.46. The summed E-state index contributed by atoms with van der Waals surface area (Å²) in [5, 5.41) is 0. The quantitative estimate of drug-likeness (QED) is 0.217. The van der Waals surface area contributed by atoms with E-state index in [1.165, 1.54) is 99.6 Å². The molecule has 0 bridgehead atoms. The van der Waals surface area contributed by atoms with Crippen molar-refractivity contribution in [1.82, 2.24) is 0 Å². The van der Waals surface area contributed by atoms with Gasteiger partial charge in [0.1, 0.15) is 13.1 Å². The molecule has 2 aromatic carbocycles. The second-order valence-electron chi connectivity index (χ2n) is 11.1. The third-order valence-corrected chi connectivity index (χ3v) is 6.47. The van der Waals surface area contributed by atoms with E-state index < -0.39 is 0 Å². The van der Waals surface area contributed by atoms with Gasteiger partial charge in [0.2, 0.25) is 0 Å². The molecule has 0 saturated heterocycles. The Balaban J connectivity index is -0.000000754. The lowest BCUT2D eigenvalue weighted by molar-refractivity contribution is -0.903. The minimum absolute atomic E-state index is 0. The van der Waals surface area contributed by atoms with Gasteiger partial charge in [0.05, 0.1) is 34.7 Å². The summed E-state index contributed by atoms with van der Waals surface area (Å²) in [6.07, 6.45) is 17.2. The van der Waals surface area contributed by atoms with Crippen LogP contribution in [-0.4, -0.2) is 44.7 Å².